The van der Waals surface area contributed by atoms with Crippen LogP contribution < -0.4 is 9.64 Å². The van der Waals surface area contributed by atoms with Gasteiger partial charge in [0.15, 0.2) is 0 Å². The van der Waals surface area contributed by atoms with Crippen LogP contribution in [0.5, 0.6) is 11.5 Å². The average Bonchev–Trinajstić information content (AvgIpc) is 2.94. The zero-order valence-electron chi connectivity index (χ0n) is 13.1. The summed E-state index contributed by atoms with van der Waals surface area (Å²) in [5.74, 6) is 1.13. The molecular formula is C18H19ClNO2S+. The molecule has 2 N–H and O–H groups in total. The quantitative estimate of drug-likeness (QED) is 0.740. The van der Waals surface area contributed by atoms with E-state index in [0.29, 0.717) is 5.75 Å². The van der Waals surface area contributed by atoms with E-state index in [1.165, 1.54) is 9.78 Å². The summed E-state index contributed by atoms with van der Waals surface area (Å²) in [4.78, 5) is 2.53. The third-order valence-electron chi connectivity index (χ3n) is 3.90. The highest BCUT2D eigenvalue weighted by molar-refractivity contribution is 7.16. The van der Waals surface area contributed by atoms with E-state index in [4.69, 9.17) is 16.3 Å². The summed E-state index contributed by atoms with van der Waals surface area (Å²) >= 11 is 7.60. The molecule has 0 bridgehead atoms. The van der Waals surface area contributed by atoms with Gasteiger partial charge in [-0.05, 0) is 41.1 Å². The fraction of sp³-hybridized carbons (Fsp3) is 0.222. The highest BCUT2D eigenvalue weighted by Gasteiger charge is 2.14. The van der Waals surface area contributed by atoms with Crippen molar-refractivity contribution < 1.29 is 14.7 Å². The first-order valence-electron chi connectivity index (χ1n) is 7.41. The van der Waals surface area contributed by atoms with Crippen molar-refractivity contribution in [1.82, 2.24) is 0 Å². The first-order chi connectivity index (χ1) is 11.1. The monoisotopic (exact) mass is 348 g/mol. The maximum Gasteiger partial charge on any atom is 0.125 e. The van der Waals surface area contributed by atoms with Gasteiger partial charge < -0.3 is 14.7 Å². The van der Waals surface area contributed by atoms with E-state index in [1.54, 1.807) is 24.5 Å². The van der Waals surface area contributed by atoms with Crippen LogP contribution in [0.1, 0.15) is 10.4 Å². The molecule has 3 rings (SSSR count). The van der Waals surface area contributed by atoms with Crippen molar-refractivity contribution in [3.63, 3.8) is 0 Å². The van der Waals surface area contributed by atoms with Crippen LogP contribution in [-0.4, -0.2) is 19.3 Å². The van der Waals surface area contributed by atoms with Crippen LogP contribution in [0.3, 0.4) is 0 Å². The molecule has 2 aromatic carbocycles. The Kier molecular flexibility index (Phi) is 4.76. The summed E-state index contributed by atoms with van der Waals surface area (Å²) in [6, 6.07) is 13.6. The van der Waals surface area contributed by atoms with Crippen LogP contribution in [-0.2, 0) is 13.1 Å². The van der Waals surface area contributed by atoms with E-state index in [-0.39, 0.29) is 0 Å². The predicted octanol–water partition coefficient (Wildman–Crippen LogP) is 3.48. The third kappa shape index (κ3) is 3.61. The van der Waals surface area contributed by atoms with Crippen LogP contribution >= 0.6 is 22.9 Å². The molecule has 0 aliphatic carbocycles. The number of phenols is 1. The highest BCUT2D eigenvalue weighted by atomic mass is 35.5. The summed E-state index contributed by atoms with van der Waals surface area (Å²) in [6.07, 6.45) is 0. The maximum absolute atomic E-state index is 10.3. The topological polar surface area (TPSA) is 33.9 Å². The minimum Gasteiger partial charge on any atom is -0.507 e. The molecule has 23 heavy (non-hydrogen) atoms. The molecule has 1 unspecified atom stereocenters. The molecule has 0 fully saturated rings. The second kappa shape index (κ2) is 6.79. The summed E-state index contributed by atoms with van der Waals surface area (Å²) in [5.41, 5.74) is 0.946. The van der Waals surface area contributed by atoms with Crippen molar-refractivity contribution in [2.24, 2.45) is 0 Å². The van der Waals surface area contributed by atoms with Crippen molar-refractivity contribution in [2.45, 2.75) is 13.1 Å². The number of hydrogen-bond acceptors (Lipinski definition) is 3. The number of aromatic hydroxyl groups is 1. The van der Waals surface area contributed by atoms with E-state index >= 15 is 0 Å². The number of hydrogen-bond donors (Lipinski definition) is 2. The number of halogens is 1. The number of thiophene rings is 1. The van der Waals surface area contributed by atoms with Gasteiger partial charge in [0.2, 0.25) is 0 Å². The number of nitrogens with one attached hydrogen (secondary N) is 1. The van der Waals surface area contributed by atoms with Crippen molar-refractivity contribution in [3.05, 3.63) is 57.2 Å². The fourth-order valence-corrected chi connectivity index (χ4v) is 3.97. The summed E-state index contributed by atoms with van der Waals surface area (Å²) < 4.78 is 6.13. The first kappa shape index (κ1) is 16.1. The maximum atomic E-state index is 10.3. The number of rotatable bonds is 5. The lowest BCUT2D eigenvalue weighted by molar-refractivity contribution is -0.907. The van der Waals surface area contributed by atoms with Gasteiger partial charge in [0.1, 0.15) is 24.6 Å². The number of benzene rings is 2. The Morgan fingerprint density at radius 3 is 2.61 bits per heavy atom. The molecule has 3 aromatic rings. The van der Waals surface area contributed by atoms with Gasteiger partial charge in [-0.2, -0.15) is 0 Å². The molecule has 0 saturated heterocycles. The largest absolute Gasteiger partial charge is 0.507 e. The Morgan fingerprint density at radius 1 is 1.13 bits per heavy atom. The minimum absolute atomic E-state index is 0.328. The van der Waals surface area contributed by atoms with Crippen LogP contribution in [0.15, 0.2) is 42.5 Å². The zero-order valence-corrected chi connectivity index (χ0v) is 14.7. The van der Waals surface area contributed by atoms with Gasteiger partial charge in [-0.3, -0.25) is 0 Å². The predicted molar refractivity (Wildman–Crippen MR) is 95.8 cm³/mol. The molecular weight excluding hydrogens is 330 g/mol. The molecule has 0 radical (unpaired) electrons. The lowest BCUT2D eigenvalue weighted by Gasteiger charge is -2.16. The molecule has 0 aliphatic heterocycles. The van der Waals surface area contributed by atoms with Crippen LogP contribution in [0, 0.1) is 0 Å². The van der Waals surface area contributed by atoms with Crippen molar-refractivity contribution in [2.75, 3.05) is 14.2 Å². The van der Waals surface area contributed by atoms with Gasteiger partial charge in [-0.15, -0.1) is 11.3 Å². The molecule has 0 aliphatic rings. The number of phenolic OH excluding ortho intramolecular Hbond substituents is 1. The van der Waals surface area contributed by atoms with Crippen LogP contribution in [0.4, 0.5) is 0 Å². The van der Waals surface area contributed by atoms with Gasteiger partial charge in [0.25, 0.3) is 0 Å². The van der Waals surface area contributed by atoms with E-state index in [2.05, 4.69) is 13.1 Å². The standard InChI is InChI=1S/C18H18ClNO2S/c1-20(10-14-6-8-18(19)23-14)11-16-15-9-13(22-2)5-3-12(15)4-7-17(16)21/h3-9,21H,10-11H2,1-2H3/p+1. The Bertz CT molecular complexity index is 831. The molecule has 0 saturated carbocycles. The molecule has 1 heterocycles. The first-order valence-corrected chi connectivity index (χ1v) is 8.60. The Labute approximate surface area is 144 Å². The number of quaternary nitrogens is 1. The smallest absolute Gasteiger partial charge is 0.125 e. The molecule has 1 atom stereocenters. The van der Waals surface area contributed by atoms with E-state index < -0.39 is 0 Å². The summed E-state index contributed by atoms with van der Waals surface area (Å²) in [7, 11) is 3.77. The molecule has 1 aromatic heterocycles. The van der Waals surface area contributed by atoms with E-state index in [0.717, 1.165) is 39.5 Å². The lowest BCUT2D eigenvalue weighted by atomic mass is 10.0. The van der Waals surface area contributed by atoms with Gasteiger partial charge in [0, 0.05) is 0 Å². The Hall–Kier alpha value is -1.75. The van der Waals surface area contributed by atoms with E-state index in [9.17, 15) is 5.11 Å². The summed E-state index contributed by atoms with van der Waals surface area (Å²) in [6.45, 7) is 1.60. The molecule has 0 amide bonds. The van der Waals surface area contributed by atoms with Crippen molar-refractivity contribution in [3.8, 4) is 11.5 Å². The average molecular weight is 349 g/mol. The van der Waals surface area contributed by atoms with Gasteiger partial charge in [0.05, 0.1) is 28.9 Å². The second-order valence-electron chi connectivity index (χ2n) is 5.67. The SMILES string of the molecule is COc1ccc2ccc(O)c(C[NH+](C)Cc3ccc(Cl)s3)c2c1. The number of methoxy groups -OCH3 is 1. The Balaban J connectivity index is 1.90. The minimum atomic E-state index is 0.328. The highest BCUT2D eigenvalue weighted by Crippen LogP contribution is 2.29. The molecule has 0 spiro atoms. The normalized spacial score (nSPS) is 12.5. The van der Waals surface area contributed by atoms with Gasteiger partial charge >= 0.3 is 0 Å². The molecule has 3 nitrogen and oxygen atoms in total. The number of ether oxygens (including phenoxy) is 1. The molecule has 120 valence electrons. The van der Waals surface area contributed by atoms with Crippen molar-refractivity contribution >= 4 is 33.7 Å². The van der Waals surface area contributed by atoms with E-state index in [1.807, 2.05) is 30.3 Å². The zero-order chi connectivity index (χ0) is 16.4. The fourth-order valence-electron chi connectivity index (χ4n) is 2.77. The van der Waals surface area contributed by atoms with Crippen LogP contribution in [0.2, 0.25) is 4.34 Å². The van der Waals surface area contributed by atoms with Crippen molar-refractivity contribution in [1.29, 1.82) is 0 Å². The second-order valence-corrected chi connectivity index (χ2v) is 7.47. The Morgan fingerprint density at radius 2 is 1.91 bits per heavy atom. The van der Waals surface area contributed by atoms with Crippen LogP contribution in [0.25, 0.3) is 10.8 Å². The summed E-state index contributed by atoms with van der Waals surface area (Å²) in [5, 5.41) is 12.5. The van der Waals surface area contributed by atoms with Gasteiger partial charge in [-0.1, -0.05) is 23.7 Å². The lowest BCUT2D eigenvalue weighted by Crippen LogP contribution is -3.06. The van der Waals surface area contributed by atoms with Gasteiger partial charge in [-0.25, -0.2) is 0 Å². The third-order valence-corrected chi connectivity index (χ3v) is 5.13. The molecule has 5 heteroatoms. The number of fused-ring (bicyclic) bond motifs is 1.